The van der Waals surface area contributed by atoms with Gasteiger partial charge in [0.05, 0.1) is 17.0 Å². The Hall–Kier alpha value is -2.61. The lowest BCUT2D eigenvalue weighted by Crippen LogP contribution is -2.46. The number of nitrogens with zero attached hydrogens (tertiary/aromatic N) is 3. The molecule has 6 nitrogen and oxygen atoms in total. The van der Waals surface area contributed by atoms with Crippen LogP contribution < -0.4 is 5.32 Å². The first-order chi connectivity index (χ1) is 16.2. The summed E-state index contributed by atoms with van der Waals surface area (Å²) >= 11 is 1.60. The second-order valence-electron chi connectivity index (χ2n) is 8.43. The van der Waals surface area contributed by atoms with Gasteiger partial charge in [0, 0.05) is 50.2 Å². The van der Waals surface area contributed by atoms with Gasteiger partial charge in [-0.3, -0.25) is 9.69 Å². The van der Waals surface area contributed by atoms with Crippen molar-refractivity contribution in [2.75, 3.05) is 39.3 Å². The number of rotatable bonds is 10. The van der Waals surface area contributed by atoms with Crippen molar-refractivity contribution in [3.63, 3.8) is 0 Å². The molecule has 7 heteroatoms. The lowest BCUT2D eigenvalue weighted by atomic mass is 10.2. The van der Waals surface area contributed by atoms with Crippen molar-refractivity contribution in [1.29, 1.82) is 0 Å². The number of aryl methyl sites for hydroxylation is 1. The van der Waals surface area contributed by atoms with Crippen LogP contribution in [0.15, 0.2) is 70.1 Å². The fourth-order valence-corrected chi connectivity index (χ4v) is 4.95. The highest BCUT2D eigenvalue weighted by molar-refractivity contribution is 7.98. The standard InChI is InChI=1S/C26H32N4O2S/c1-21-18-23(32-28-21)20-33-25-11-6-5-10-24(25)26(31)27-12-7-13-29-14-16-30(17-15-29)19-22-8-3-2-4-9-22/h2-6,8-11,18H,7,12-17,19-20H2,1H3,(H,27,31). The summed E-state index contributed by atoms with van der Waals surface area (Å²) in [6.45, 7) is 8.99. The van der Waals surface area contributed by atoms with E-state index in [2.05, 4.69) is 50.6 Å². The highest BCUT2D eigenvalue weighted by Crippen LogP contribution is 2.26. The van der Waals surface area contributed by atoms with E-state index in [1.165, 1.54) is 5.56 Å². The number of piperazine rings is 1. The number of carbonyl (C=O) groups excluding carboxylic acids is 1. The molecule has 174 valence electrons. The minimum absolute atomic E-state index is 0.0143. The van der Waals surface area contributed by atoms with E-state index < -0.39 is 0 Å². The second-order valence-corrected chi connectivity index (χ2v) is 9.45. The first-order valence-electron chi connectivity index (χ1n) is 11.6. The fourth-order valence-electron chi connectivity index (χ4n) is 4.03. The molecule has 2 aromatic carbocycles. The molecule has 3 aromatic rings. The van der Waals surface area contributed by atoms with Crippen LogP contribution in [0.2, 0.25) is 0 Å². The summed E-state index contributed by atoms with van der Waals surface area (Å²) in [7, 11) is 0. The van der Waals surface area contributed by atoms with Crippen LogP contribution in [0.25, 0.3) is 0 Å². The average molecular weight is 465 g/mol. The summed E-state index contributed by atoms with van der Waals surface area (Å²) in [4.78, 5) is 18.7. The normalized spacial score (nSPS) is 14.9. The number of nitrogens with one attached hydrogen (secondary N) is 1. The number of hydrogen-bond donors (Lipinski definition) is 1. The molecule has 1 aliphatic rings. The van der Waals surface area contributed by atoms with Gasteiger partial charge in [-0.05, 0) is 37.6 Å². The number of thioether (sulfide) groups is 1. The topological polar surface area (TPSA) is 61.6 Å². The maximum Gasteiger partial charge on any atom is 0.252 e. The molecule has 33 heavy (non-hydrogen) atoms. The van der Waals surface area contributed by atoms with Crippen molar-refractivity contribution in [2.45, 2.75) is 30.5 Å². The third-order valence-corrected chi connectivity index (χ3v) is 6.92. The SMILES string of the molecule is Cc1cc(CSc2ccccc2C(=O)NCCCN2CCN(Cc3ccccc3)CC2)on1. The van der Waals surface area contributed by atoms with Gasteiger partial charge in [-0.15, -0.1) is 11.8 Å². The molecule has 4 rings (SSSR count). The van der Waals surface area contributed by atoms with E-state index in [4.69, 9.17) is 4.52 Å². The highest BCUT2D eigenvalue weighted by Gasteiger charge is 2.17. The predicted octanol–water partition coefficient (Wildman–Crippen LogP) is 4.21. The summed E-state index contributed by atoms with van der Waals surface area (Å²) < 4.78 is 5.28. The van der Waals surface area contributed by atoms with Crippen LogP contribution >= 0.6 is 11.8 Å². The molecule has 1 fully saturated rings. The highest BCUT2D eigenvalue weighted by atomic mass is 32.2. The van der Waals surface area contributed by atoms with E-state index in [1.807, 2.05) is 37.3 Å². The largest absolute Gasteiger partial charge is 0.360 e. The Morgan fingerprint density at radius 1 is 1.03 bits per heavy atom. The van der Waals surface area contributed by atoms with Crippen LogP contribution in [0.5, 0.6) is 0 Å². The number of amides is 1. The molecule has 2 heterocycles. The molecule has 1 aliphatic heterocycles. The smallest absolute Gasteiger partial charge is 0.252 e. The molecule has 1 N–H and O–H groups in total. The molecule has 0 spiro atoms. The Balaban J connectivity index is 1.16. The van der Waals surface area contributed by atoms with Crippen molar-refractivity contribution in [2.24, 2.45) is 0 Å². The Morgan fingerprint density at radius 3 is 2.52 bits per heavy atom. The van der Waals surface area contributed by atoms with Gasteiger partial charge in [0.15, 0.2) is 0 Å². The Morgan fingerprint density at radius 2 is 1.76 bits per heavy atom. The van der Waals surface area contributed by atoms with Crippen LogP contribution in [0.4, 0.5) is 0 Å². The van der Waals surface area contributed by atoms with E-state index in [0.29, 0.717) is 17.9 Å². The molecule has 1 aromatic heterocycles. The summed E-state index contributed by atoms with van der Waals surface area (Å²) in [5, 5.41) is 7.02. The van der Waals surface area contributed by atoms with Crippen LogP contribution in [0, 0.1) is 6.92 Å². The number of hydrogen-bond acceptors (Lipinski definition) is 6. The van der Waals surface area contributed by atoms with E-state index >= 15 is 0 Å². The zero-order valence-corrected chi connectivity index (χ0v) is 20.0. The van der Waals surface area contributed by atoms with Crippen molar-refractivity contribution in [1.82, 2.24) is 20.3 Å². The van der Waals surface area contributed by atoms with Crippen LogP contribution in [-0.4, -0.2) is 60.1 Å². The van der Waals surface area contributed by atoms with Crippen molar-refractivity contribution >= 4 is 17.7 Å². The quantitative estimate of drug-likeness (QED) is 0.358. The third-order valence-electron chi connectivity index (χ3n) is 5.83. The first kappa shape index (κ1) is 23.5. The van der Waals surface area contributed by atoms with Crippen molar-refractivity contribution in [3.05, 3.63) is 83.2 Å². The Labute approximate surface area is 200 Å². The lowest BCUT2D eigenvalue weighted by molar-refractivity contribution is 0.0944. The summed E-state index contributed by atoms with van der Waals surface area (Å²) in [6, 6.07) is 20.3. The maximum atomic E-state index is 12.8. The number of benzene rings is 2. The van der Waals surface area contributed by atoms with Gasteiger partial charge >= 0.3 is 0 Å². The second kappa shape index (κ2) is 12.0. The lowest BCUT2D eigenvalue weighted by Gasteiger charge is -2.34. The molecular formula is C26H32N4O2S. The Bertz CT molecular complexity index is 1020. The molecule has 0 atom stereocenters. The van der Waals surface area contributed by atoms with Gasteiger partial charge in [-0.25, -0.2) is 0 Å². The Kier molecular flexibility index (Phi) is 8.58. The van der Waals surface area contributed by atoms with Gasteiger partial charge in [0.2, 0.25) is 0 Å². The van der Waals surface area contributed by atoms with Gasteiger partial charge in [-0.1, -0.05) is 47.6 Å². The number of carbonyl (C=O) groups is 1. The molecular weight excluding hydrogens is 432 g/mol. The van der Waals surface area contributed by atoms with Gasteiger partial charge in [-0.2, -0.15) is 0 Å². The summed E-state index contributed by atoms with van der Waals surface area (Å²) in [5.74, 6) is 1.46. The molecule has 1 amide bonds. The molecule has 0 aliphatic carbocycles. The van der Waals surface area contributed by atoms with E-state index in [9.17, 15) is 4.79 Å². The van der Waals surface area contributed by atoms with Gasteiger partial charge < -0.3 is 14.7 Å². The fraction of sp³-hybridized carbons (Fsp3) is 0.385. The maximum absolute atomic E-state index is 12.8. The molecule has 0 bridgehead atoms. The number of aromatic nitrogens is 1. The van der Waals surface area contributed by atoms with Crippen molar-refractivity contribution in [3.8, 4) is 0 Å². The molecule has 0 saturated carbocycles. The van der Waals surface area contributed by atoms with E-state index in [0.717, 1.165) is 62.0 Å². The third kappa shape index (κ3) is 7.19. The first-order valence-corrected chi connectivity index (χ1v) is 12.6. The molecule has 0 unspecified atom stereocenters. The molecule has 0 radical (unpaired) electrons. The molecule has 1 saturated heterocycles. The van der Waals surface area contributed by atoms with Crippen LogP contribution in [0.3, 0.4) is 0 Å². The van der Waals surface area contributed by atoms with E-state index in [1.54, 1.807) is 11.8 Å². The minimum Gasteiger partial charge on any atom is -0.360 e. The van der Waals surface area contributed by atoms with E-state index in [-0.39, 0.29) is 5.91 Å². The van der Waals surface area contributed by atoms with Crippen LogP contribution in [-0.2, 0) is 12.3 Å². The van der Waals surface area contributed by atoms with Crippen molar-refractivity contribution < 1.29 is 9.32 Å². The average Bonchev–Trinajstić information content (AvgIpc) is 3.27. The minimum atomic E-state index is -0.0143. The monoisotopic (exact) mass is 464 g/mol. The zero-order chi connectivity index (χ0) is 22.9. The zero-order valence-electron chi connectivity index (χ0n) is 19.2. The van der Waals surface area contributed by atoms with Crippen LogP contribution in [0.1, 0.15) is 33.8 Å². The van der Waals surface area contributed by atoms with Gasteiger partial charge in [0.25, 0.3) is 5.91 Å². The summed E-state index contributed by atoms with van der Waals surface area (Å²) in [6.07, 6.45) is 0.955. The predicted molar refractivity (Wildman–Crippen MR) is 132 cm³/mol. The van der Waals surface area contributed by atoms with Gasteiger partial charge in [0.1, 0.15) is 5.76 Å². The summed E-state index contributed by atoms with van der Waals surface area (Å²) in [5.41, 5.74) is 2.96.